The van der Waals surface area contributed by atoms with Crippen LogP contribution in [0.15, 0.2) is 55.4 Å². The van der Waals surface area contributed by atoms with E-state index in [9.17, 15) is 5.11 Å². The van der Waals surface area contributed by atoms with Gasteiger partial charge in [0.2, 0.25) is 0 Å². The Bertz CT molecular complexity index is 926. The van der Waals surface area contributed by atoms with Crippen LogP contribution in [0.3, 0.4) is 0 Å². The Labute approximate surface area is 162 Å². The van der Waals surface area contributed by atoms with Gasteiger partial charge in [0.25, 0.3) is 0 Å². The number of aliphatic hydroxyl groups is 1. The predicted molar refractivity (Wildman–Crippen MR) is 99.9 cm³/mol. The summed E-state index contributed by atoms with van der Waals surface area (Å²) in [5.74, 6) is 1.58. The second-order valence-electron chi connectivity index (χ2n) is 7.03. The fourth-order valence-corrected chi connectivity index (χ4v) is 3.94. The Morgan fingerprint density at radius 3 is 2.89 bits per heavy atom. The van der Waals surface area contributed by atoms with Gasteiger partial charge >= 0.3 is 0 Å². The largest absolute Gasteiger partial charge is 0.491 e. The second-order valence-corrected chi connectivity index (χ2v) is 7.03. The first-order chi connectivity index (χ1) is 13.8. The van der Waals surface area contributed by atoms with Crippen molar-refractivity contribution in [2.45, 2.75) is 30.9 Å². The van der Waals surface area contributed by atoms with Crippen molar-refractivity contribution in [1.82, 2.24) is 19.1 Å². The highest BCUT2D eigenvalue weighted by atomic mass is 16.6. The van der Waals surface area contributed by atoms with Crippen molar-refractivity contribution in [2.24, 2.45) is 0 Å². The first kappa shape index (κ1) is 17.4. The average molecular weight is 382 g/mol. The molecule has 0 aliphatic carbocycles. The predicted octanol–water partition coefficient (Wildman–Crippen LogP) is 1.53. The summed E-state index contributed by atoms with van der Waals surface area (Å²) in [5, 5.41) is 10.0. The highest BCUT2D eigenvalue weighted by Crippen LogP contribution is 2.38. The summed E-state index contributed by atoms with van der Waals surface area (Å²) in [7, 11) is 0. The summed E-state index contributed by atoms with van der Waals surface area (Å²) in [6.07, 6.45) is 8.13. The van der Waals surface area contributed by atoms with E-state index >= 15 is 0 Å². The minimum atomic E-state index is -0.569. The average Bonchev–Trinajstić information content (AvgIpc) is 3.49. The molecular formula is C20H22N4O4. The number of benzene rings is 1. The smallest absolute Gasteiger partial charge is 0.144 e. The normalized spacial score (nSPS) is 26.5. The number of imidazole rings is 2. The van der Waals surface area contributed by atoms with Crippen LogP contribution in [-0.4, -0.2) is 62.3 Å². The van der Waals surface area contributed by atoms with E-state index in [-0.39, 0.29) is 18.2 Å². The zero-order chi connectivity index (χ0) is 18.9. The zero-order valence-electron chi connectivity index (χ0n) is 15.3. The van der Waals surface area contributed by atoms with Crippen LogP contribution in [0.4, 0.5) is 0 Å². The molecule has 2 aliphatic heterocycles. The van der Waals surface area contributed by atoms with E-state index in [4.69, 9.17) is 14.2 Å². The molecule has 0 spiro atoms. The van der Waals surface area contributed by atoms with Gasteiger partial charge in [0.05, 0.1) is 37.7 Å². The molecule has 1 N–H and O–H groups in total. The Morgan fingerprint density at radius 1 is 1.11 bits per heavy atom. The zero-order valence-corrected chi connectivity index (χ0v) is 15.3. The third kappa shape index (κ3) is 3.09. The summed E-state index contributed by atoms with van der Waals surface area (Å²) in [5.41, 5.74) is 0.917. The molecule has 0 saturated carbocycles. The number of hydrogen-bond donors (Lipinski definition) is 1. The van der Waals surface area contributed by atoms with Gasteiger partial charge in [0, 0.05) is 24.8 Å². The van der Waals surface area contributed by atoms with Gasteiger partial charge in [-0.2, -0.15) is 0 Å². The van der Waals surface area contributed by atoms with E-state index in [1.54, 1.807) is 18.7 Å². The highest BCUT2D eigenvalue weighted by Gasteiger charge is 2.48. The number of fused-ring (bicyclic) bond motifs is 1. The summed E-state index contributed by atoms with van der Waals surface area (Å²) < 4.78 is 21.7. The lowest BCUT2D eigenvalue weighted by Crippen LogP contribution is -2.30. The lowest BCUT2D eigenvalue weighted by Gasteiger charge is -2.20. The van der Waals surface area contributed by atoms with Gasteiger partial charge in [0.15, 0.2) is 0 Å². The SMILES string of the molecule is O[C@@H]1CO[C@H]2[C@@H]1OC[C@H]2n1ccnc1-c1ccccc1OCCn1ccnc1. The topological polar surface area (TPSA) is 83.6 Å². The Hall–Kier alpha value is -2.68. The highest BCUT2D eigenvalue weighted by molar-refractivity contribution is 5.64. The van der Waals surface area contributed by atoms with Crippen LogP contribution in [-0.2, 0) is 16.0 Å². The summed E-state index contributed by atoms with van der Waals surface area (Å²) in [4.78, 5) is 8.62. The van der Waals surface area contributed by atoms with Gasteiger partial charge in [0.1, 0.15) is 36.5 Å². The quantitative estimate of drug-likeness (QED) is 0.696. The first-order valence-electron chi connectivity index (χ1n) is 9.43. The van der Waals surface area contributed by atoms with Gasteiger partial charge in [-0.05, 0) is 12.1 Å². The van der Waals surface area contributed by atoms with Crippen molar-refractivity contribution in [1.29, 1.82) is 0 Å². The molecule has 3 aromatic rings. The molecular weight excluding hydrogens is 360 g/mol. The molecule has 0 radical (unpaired) electrons. The fourth-order valence-electron chi connectivity index (χ4n) is 3.94. The van der Waals surface area contributed by atoms with Crippen LogP contribution in [0, 0.1) is 0 Å². The van der Waals surface area contributed by atoms with Crippen molar-refractivity contribution in [2.75, 3.05) is 19.8 Å². The summed E-state index contributed by atoms with van der Waals surface area (Å²) in [6.45, 7) is 2.04. The number of ether oxygens (including phenoxy) is 3. The molecule has 2 fully saturated rings. The Balaban J connectivity index is 1.38. The van der Waals surface area contributed by atoms with Gasteiger partial charge < -0.3 is 28.5 Å². The summed E-state index contributed by atoms with van der Waals surface area (Å²) >= 11 is 0. The van der Waals surface area contributed by atoms with Crippen LogP contribution in [0.1, 0.15) is 6.04 Å². The number of rotatable bonds is 6. The van der Waals surface area contributed by atoms with E-state index in [0.717, 1.165) is 17.1 Å². The van der Waals surface area contributed by atoms with Crippen LogP contribution in [0.25, 0.3) is 11.4 Å². The molecule has 4 atom stereocenters. The van der Waals surface area contributed by atoms with E-state index in [1.807, 2.05) is 41.2 Å². The lowest BCUT2D eigenvalue weighted by molar-refractivity contribution is 0.0172. The van der Waals surface area contributed by atoms with Crippen molar-refractivity contribution < 1.29 is 19.3 Å². The van der Waals surface area contributed by atoms with Gasteiger partial charge in [-0.25, -0.2) is 9.97 Å². The van der Waals surface area contributed by atoms with Crippen molar-refractivity contribution in [3.63, 3.8) is 0 Å². The monoisotopic (exact) mass is 382 g/mol. The molecule has 8 heteroatoms. The van der Waals surface area contributed by atoms with Gasteiger partial charge in [-0.1, -0.05) is 12.1 Å². The maximum atomic E-state index is 10.0. The molecule has 5 rings (SSSR count). The fraction of sp³-hybridized carbons (Fsp3) is 0.400. The third-order valence-electron chi connectivity index (χ3n) is 5.32. The van der Waals surface area contributed by atoms with E-state index in [2.05, 4.69) is 14.5 Å². The van der Waals surface area contributed by atoms with Crippen LogP contribution >= 0.6 is 0 Å². The molecule has 4 heterocycles. The minimum absolute atomic E-state index is 0.0290. The van der Waals surface area contributed by atoms with Gasteiger partial charge in [-0.3, -0.25) is 0 Å². The third-order valence-corrected chi connectivity index (χ3v) is 5.32. The first-order valence-corrected chi connectivity index (χ1v) is 9.43. The maximum Gasteiger partial charge on any atom is 0.144 e. The lowest BCUT2D eigenvalue weighted by atomic mass is 10.1. The Morgan fingerprint density at radius 2 is 2.00 bits per heavy atom. The molecule has 2 saturated heterocycles. The molecule has 0 unspecified atom stereocenters. The molecule has 2 aromatic heterocycles. The minimum Gasteiger partial charge on any atom is -0.491 e. The molecule has 1 aromatic carbocycles. The van der Waals surface area contributed by atoms with Crippen LogP contribution in [0.2, 0.25) is 0 Å². The van der Waals surface area contributed by atoms with E-state index in [1.165, 1.54) is 0 Å². The Kier molecular flexibility index (Phi) is 4.59. The molecule has 8 nitrogen and oxygen atoms in total. The molecule has 2 aliphatic rings. The van der Waals surface area contributed by atoms with Crippen molar-refractivity contribution in [3.05, 3.63) is 55.4 Å². The molecule has 0 bridgehead atoms. The second kappa shape index (κ2) is 7.38. The number of nitrogens with zero attached hydrogens (tertiary/aromatic N) is 4. The van der Waals surface area contributed by atoms with Crippen molar-refractivity contribution >= 4 is 0 Å². The number of aliphatic hydroxyl groups excluding tert-OH is 1. The number of hydrogen-bond acceptors (Lipinski definition) is 6. The molecule has 28 heavy (non-hydrogen) atoms. The standard InChI is InChI=1S/C20H22N4O4/c25-16-12-28-18-15(11-27-19(16)18)24-8-6-22-20(24)14-3-1-2-4-17(14)26-10-9-23-7-5-21-13-23/h1-8,13,15-16,18-19,25H,9-12H2/t15-,16-,18-,19-/m1/s1. The van der Waals surface area contributed by atoms with E-state index in [0.29, 0.717) is 26.4 Å². The van der Waals surface area contributed by atoms with Crippen LogP contribution < -0.4 is 4.74 Å². The maximum absolute atomic E-state index is 10.0. The summed E-state index contributed by atoms with van der Waals surface area (Å²) in [6, 6.07) is 7.85. The van der Waals surface area contributed by atoms with Crippen LogP contribution in [0.5, 0.6) is 5.75 Å². The number of aromatic nitrogens is 4. The van der Waals surface area contributed by atoms with Crippen molar-refractivity contribution in [3.8, 4) is 17.1 Å². The van der Waals surface area contributed by atoms with E-state index < -0.39 is 6.10 Å². The number of para-hydroxylation sites is 1. The molecule has 0 amide bonds. The van der Waals surface area contributed by atoms with Gasteiger partial charge in [-0.15, -0.1) is 0 Å². The molecule has 146 valence electrons.